The highest BCUT2D eigenvalue weighted by molar-refractivity contribution is 5.94. The van der Waals surface area contributed by atoms with Crippen LogP contribution in [0.1, 0.15) is 10.4 Å². The molecule has 0 spiro atoms. The summed E-state index contributed by atoms with van der Waals surface area (Å²) in [5, 5.41) is 3.20. The van der Waals surface area contributed by atoms with Crippen molar-refractivity contribution in [3.63, 3.8) is 0 Å². The second-order valence-corrected chi connectivity index (χ2v) is 6.35. The summed E-state index contributed by atoms with van der Waals surface area (Å²) in [6.45, 7) is 3.29. The molecule has 0 bridgehead atoms. The number of ether oxygens (including phenoxy) is 2. The summed E-state index contributed by atoms with van der Waals surface area (Å²) in [5.41, 5.74) is 1.36. The molecule has 1 saturated heterocycles. The highest BCUT2D eigenvalue weighted by Gasteiger charge is 2.21. The SMILES string of the molecule is O=CN1CCN(C(=O)c2ccc(Nc3ccc4c(c3)OCCO4)nc2)CC1. The van der Waals surface area contributed by atoms with E-state index in [2.05, 4.69) is 10.3 Å². The first-order valence-corrected chi connectivity index (χ1v) is 8.84. The molecule has 0 radical (unpaired) electrons. The Bertz CT molecular complexity index is 832. The molecule has 3 heterocycles. The lowest BCUT2D eigenvalue weighted by molar-refractivity contribution is -0.119. The van der Waals surface area contributed by atoms with E-state index >= 15 is 0 Å². The molecule has 1 aromatic carbocycles. The van der Waals surface area contributed by atoms with Gasteiger partial charge in [0.05, 0.1) is 5.56 Å². The molecule has 8 heteroatoms. The van der Waals surface area contributed by atoms with E-state index in [1.165, 1.54) is 0 Å². The van der Waals surface area contributed by atoms with Crippen LogP contribution in [0, 0.1) is 0 Å². The number of anilines is 2. The van der Waals surface area contributed by atoms with Gasteiger partial charge in [0.25, 0.3) is 5.91 Å². The molecule has 0 unspecified atom stereocenters. The third-order valence-corrected chi connectivity index (χ3v) is 4.58. The minimum Gasteiger partial charge on any atom is -0.486 e. The first-order valence-electron chi connectivity index (χ1n) is 8.84. The maximum absolute atomic E-state index is 12.6. The zero-order chi connectivity index (χ0) is 18.6. The zero-order valence-electron chi connectivity index (χ0n) is 14.8. The molecule has 2 amide bonds. The number of fused-ring (bicyclic) bond motifs is 1. The van der Waals surface area contributed by atoms with Crippen molar-refractivity contribution in [3.8, 4) is 11.5 Å². The van der Waals surface area contributed by atoms with Crippen LogP contribution in [0.5, 0.6) is 11.5 Å². The van der Waals surface area contributed by atoms with E-state index < -0.39 is 0 Å². The zero-order valence-corrected chi connectivity index (χ0v) is 14.8. The summed E-state index contributed by atoms with van der Waals surface area (Å²) in [6.07, 6.45) is 2.39. The van der Waals surface area contributed by atoms with E-state index in [0.29, 0.717) is 56.5 Å². The fraction of sp³-hybridized carbons (Fsp3) is 0.316. The Hall–Kier alpha value is -3.29. The highest BCUT2D eigenvalue weighted by atomic mass is 16.6. The number of amides is 2. The minimum absolute atomic E-state index is 0.0704. The molecule has 0 aliphatic carbocycles. The van der Waals surface area contributed by atoms with E-state index in [-0.39, 0.29) is 5.91 Å². The third-order valence-electron chi connectivity index (χ3n) is 4.58. The number of pyridine rings is 1. The molecule has 4 rings (SSSR count). The van der Waals surface area contributed by atoms with Crippen LogP contribution in [0.15, 0.2) is 36.5 Å². The standard InChI is InChI=1S/C19H20N4O4/c24-13-22-5-7-23(8-6-22)19(25)14-1-4-18(20-12-14)21-15-2-3-16-17(11-15)27-10-9-26-16/h1-4,11-13H,5-10H2,(H,20,21). The Balaban J connectivity index is 1.40. The average molecular weight is 368 g/mol. The molecule has 2 aromatic rings. The van der Waals surface area contributed by atoms with Crippen molar-refractivity contribution < 1.29 is 19.1 Å². The number of carbonyl (C=O) groups excluding carboxylic acids is 2. The van der Waals surface area contributed by atoms with Crippen molar-refractivity contribution in [2.24, 2.45) is 0 Å². The van der Waals surface area contributed by atoms with E-state index in [0.717, 1.165) is 17.8 Å². The van der Waals surface area contributed by atoms with Gasteiger partial charge in [-0.2, -0.15) is 0 Å². The van der Waals surface area contributed by atoms with Gasteiger partial charge in [-0.1, -0.05) is 0 Å². The van der Waals surface area contributed by atoms with Crippen molar-refractivity contribution in [1.82, 2.24) is 14.8 Å². The Morgan fingerprint density at radius 3 is 2.52 bits per heavy atom. The highest BCUT2D eigenvalue weighted by Crippen LogP contribution is 2.33. The fourth-order valence-electron chi connectivity index (χ4n) is 3.08. The van der Waals surface area contributed by atoms with Gasteiger partial charge >= 0.3 is 0 Å². The summed E-state index contributed by atoms with van der Waals surface area (Å²) in [7, 11) is 0. The van der Waals surface area contributed by atoms with Crippen molar-refractivity contribution >= 4 is 23.8 Å². The van der Waals surface area contributed by atoms with Crippen molar-refractivity contribution in [3.05, 3.63) is 42.1 Å². The van der Waals surface area contributed by atoms with E-state index in [4.69, 9.17) is 9.47 Å². The van der Waals surface area contributed by atoms with Gasteiger partial charge in [0, 0.05) is 44.1 Å². The van der Waals surface area contributed by atoms with E-state index in [1.54, 1.807) is 28.1 Å². The van der Waals surface area contributed by atoms with Gasteiger partial charge in [-0.05, 0) is 24.3 Å². The monoisotopic (exact) mass is 368 g/mol. The second kappa shape index (κ2) is 7.53. The molecule has 1 N–H and O–H groups in total. The molecule has 1 aromatic heterocycles. The third kappa shape index (κ3) is 3.79. The lowest BCUT2D eigenvalue weighted by Crippen LogP contribution is -2.48. The summed E-state index contributed by atoms with van der Waals surface area (Å²) in [4.78, 5) is 31.1. The Morgan fingerprint density at radius 1 is 1.04 bits per heavy atom. The smallest absolute Gasteiger partial charge is 0.255 e. The predicted molar refractivity (Wildman–Crippen MR) is 98.5 cm³/mol. The normalized spacial score (nSPS) is 16.0. The van der Waals surface area contributed by atoms with Crippen molar-refractivity contribution in [1.29, 1.82) is 0 Å². The average Bonchev–Trinajstić information content (AvgIpc) is 2.74. The number of nitrogens with zero attached hydrogens (tertiary/aromatic N) is 3. The van der Waals surface area contributed by atoms with Crippen LogP contribution in [0.2, 0.25) is 0 Å². The first kappa shape index (κ1) is 17.1. The Morgan fingerprint density at radius 2 is 1.81 bits per heavy atom. The van der Waals surface area contributed by atoms with Gasteiger partial charge in [-0.25, -0.2) is 4.98 Å². The number of carbonyl (C=O) groups is 2. The number of nitrogens with one attached hydrogen (secondary N) is 1. The van der Waals surface area contributed by atoms with Crippen LogP contribution in [0.4, 0.5) is 11.5 Å². The number of rotatable bonds is 4. The predicted octanol–water partition coefficient (Wildman–Crippen LogP) is 1.51. The maximum atomic E-state index is 12.6. The molecule has 0 atom stereocenters. The van der Waals surface area contributed by atoms with Crippen LogP contribution in [-0.2, 0) is 4.79 Å². The van der Waals surface area contributed by atoms with E-state index in [1.807, 2.05) is 18.2 Å². The molecular weight excluding hydrogens is 348 g/mol. The van der Waals surface area contributed by atoms with E-state index in [9.17, 15) is 9.59 Å². The van der Waals surface area contributed by atoms with Crippen LogP contribution in [-0.4, -0.2) is 66.5 Å². The van der Waals surface area contributed by atoms with Crippen molar-refractivity contribution in [2.45, 2.75) is 0 Å². The summed E-state index contributed by atoms with van der Waals surface area (Å²) in [6, 6.07) is 9.13. The Labute approximate surface area is 156 Å². The van der Waals surface area contributed by atoms with Crippen LogP contribution in [0.25, 0.3) is 0 Å². The Kier molecular flexibility index (Phi) is 4.78. The number of hydrogen-bond acceptors (Lipinski definition) is 6. The molecule has 140 valence electrons. The molecule has 0 saturated carbocycles. The molecule has 8 nitrogen and oxygen atoms in total. The number of aromatic nitrogens is 1. The molecular formula is C19H20N4O4. The summed E-state index contributed by atoms with van der Waals surface area (Å²) in [5.74, 6) is 2.00. The lowest BCUT2D eigenvalue weighted by Gasteiger charge is -2.32. The maximum Gasteiger partial charge on any atom is 0.255 e. The summed E-state index contributed by atoms with van der Waals surface area (Å²) >= 11 is 0. The molecule has 1 fully saturated rings. The van der Waals surface area contributed by atoms with Gasteiger partial charge in [0.15, 0.2) is 11.5 Å². The van der Waals surface area contributed by atoms with Gasteiger partial charge in [0.2, 0.25) is 6.41 Å². The van der Waals surface area contributed by atoms with Gasteiger partial charge in [-0.15, -0.1) is 0 Å². The first-order chi connectivity index (χ1) is 13.2. The van der Waals surface area contributed by atoms with Crippen LogP contribution < -0.4 is 14.8 Å². The van der Waals surface area contributed by atoms with Crippen molar-refractivity contribution in [2.75, 3.05) is 44.7 Å². The summed E-state index contributed by atoms with van der Waals surface area (Å²) < 4.78 is 11.1. The van der Waals surface area contributed by atoms with Gasteiger partial charge in [-0.3, -0.25) is 9.59 Å². The number of benzene rings is 1. The largest absolute Gasteiger partial charge is 0.486 e. The minimum atomic E-state index is -0.0704. The molecule has 2 aliphatic heterocycles. The topological polar surface area (TPSA) is 84.0 Å². The quantitative estimate of drug-likeness (QED) is 0.824. The molecule has 27 heavy (non-hydrogen) atoms. The van der Waals surface area contributed by atoms with Gasteiger partial charge in [0.1, 0.15) is 19.0 Å². The van der Waals surface area contributed by atoms with Crippen LogP contribution >= 0.6 is 0 Å². The fourth-order valence-corrected chi connectivity index (χ4v) is 3.08. The second-order valence-electron chi connectivity index (χ2n) is 6.35. The van der Waals surface area contributed by atoms with Gasteiger partial charge < -0.3 is 24.6 Å². The molecule has 2 aliphatic rings. The number of hydrogen-bond donors (Lipinski definition) is 1. The lowest BCUT2D eigenvalue weighted by atomic mass is 10.2. The number of piperazine rings is 1. The van der Waals surface area contributed by atoms with Crippen LogP contribution in [0.3, 0.4) is 0 Å².